The van der Waals surface area contributed by atoms with Gasteiger partial charge in [0, 0.05) is 18.6 Å². The summed E-state index contributed by atoms with van der Waals surface area (Å²) < 4.78 is 5.02. The highest BCUT2D eigenvalue weighted by Gasteiger charge is 2.12. The van der Waals surface area contributed by atoms with Gasteiger partial charge in [-0.25, -0.2) is 0 Å². The van der Waals surface area contributed by atoms with Gasteiger partial charge in [-0.1, -0.05) is 0 Å². The number of aryl methyl sites for hydroxylation is 1. The van der Waals surface area contributed by atoms with Gasteiger partial charge in [0.1, 0.15) is 0 Å². The van der Waals surface area contributed by atoms with Crippen LogP contribution in [0.1, 0.15) is 29.3 Å². The number of hydrazine groups is 1. The lowest BCUT2D eigenvalue weighted by molar-refractivity contribution is 0.189. The topological polar surface area (TPSA) is 47.3 Å². The van der Waals surface area contributed by atoms with Gasteiger partial charge < -0.3 is 4.74 Å². The Morgan fingerprint density at radius 2 is 2.43 bits per heavy atom. The van der Waals surface area contributed by atoms with E-state index in [4.69, 9.17) is 10.6 Å². The molecule has 0 aliphatic carbocycles. The first-order valence-corrected chi connectivity index (χ1v) is 5.66. The number of nitrogens with two attached hydrogens (primary N) is 1. The molecule has 1 aromatic heterocycles. The van der Waals surface area contributed by atoms with Gasteiger partial charge in [-0.2, -0.15) is 0 Å². The van der Waals surface area contributed by atoms with Gasteiger partial charge in [0.25, 0.3) is 0 Å². The first kappa shape index (κ1) is 11.7. The third kappa shape index (κ3) is 3.06. The Kier molecular flexibility index (Phi) is 5.11. The molecule has 0 aliphatic heterocycles. The fourth-order valence-electron chi connectivity index (χ4n) is 1.46. The quantitative estimate of drug-likeness (QED) is 0.432. The molecule has 1 aromatic rings. The second kappa shape index (κ2) is 6.14. The van der Waals surface area contributed by atoms with E-state index in [-0.39, 0.29) is 6.04 Å². The highest BCUT2D eigenvalue weighted by Crippen LogP contribution is 2.26. The molecule has 0 aromatic carbocycles. The molecule has 4 heteroatoms. The summed E-state index contributed by atoms with van der Waals surface area (Å²) in [6.45, 7) is 2.91. The standard InChI is InChI=1S/C10H18N2OS/c1-8-5-7-14-10(8)9(12-11)4-3-6-13-2/h5,7,9,12H,3-4,6,11H2,1-2H3. The maximum Gasteiger partial charge on any atom is 0.0556 e. The molecule has 0 saturated carbocycles. The second-order valence-electron chi connectivity index (χ2n) is 3.32. The molecule has 0 bridgehead atoms. The summed E-state index contributed by atoms with van der Waals surface area (Å²) in [7, 11) is 1.72. The first-order chi connectivity index (χ1) is 6.79. The smallest absolute Gasteiger partial charge is 0.0556 e. The predicted octanol–water partition coefficient (Wildman–Crippen LogP) is 1.99. The lowest BCUT2D eigenvalue weighted by Gasteiger charge is -2.14. The summed E-state index contributed by atoms with van der Waals surface area (Å²) in [6, 6.07) is 2.39. The Morgan fingerprint density at radius 3 is 2.93 bits per heavy atom. The Hall–Kier alpha value is -0.420. The average Bonchev–Trinajstić information content (AvgIpc) is 2.60. The molecular weight excluding hydrogens is 196 g/mol. The molecule has 3 N–H and O–H groups in total. The van der Waals surface area contributed by atoms with Gasteiger partial charge >= 0.3 is 0 Å². The highest BCUT2D eigenvalue weighted by atomic mass is 32.1. The van der Waals surface area contributed by atoms with Gasteiger partial charge in [-0.3, -0.25) is 11.3 Å². The van der Waals surface area contributed by atoms with Crippen LogP contribution in [0.25, 0.3) is 0 Å². The SMILES string of the molecule is COCCCC(NN)c1sccc1C. The second-order valence-corrected chi connectivity index (χ2v) is 4.27. The molecule has 3 nitrogen and oxygen atoms in total. The van der Waals surface area contributed by atoms with Gasteiger partial charge in [-0.05, 0) is 36.8 Å². The van der Waals surface area contributed by atoms with Crippen LogP contribution in [-0.2, 0) is 4.74 Å². The summed E-state index contributed by atoms with van der Waals surface area (Å²) >= 11 is 1.76. The monoisotopic (exact) mass is 214 g/mol. The molecule has 0 amide bonds. The first-order valence-electron chi connectivity index (χ1n) is 4.78. The number of methoxy groups -OCH3 is 1. The van der Waals surface area contributed by atoms with E-state index in [1.54, 1.807) is 18.4 Å². The van der Waals surface area contributed by atoms with Crippen molar-refractivity contribution in [1.29, 1.82) is 0 Å². The number of rotatable bonds is 6. The van der Waals surface area contributed by atoms with Crippen LogP contribution in [0.4, 0.5) is 0 Å². The molecule has 0 spiro atoms. The minimum atomic E-state index is 0.269. The lowest BCUT2D eigenvalue weighted by Crippen LogP contribution is -2.28. The van der Waals surface area contributed by atoms with E-state index in [9.17, 15) is 0 Å². The third-order valence-corrected chi connectivity index (χ3v) is 3.39. The van der Waals surface area contributed by atoms with Crippen molar-refractivity contribution in [2.75, 3.05) is 13.7 Å². The molecule has 0 radical (unpaired) electrons. The molecule has 0 fully saturated rings. The van der Waals surface area contributed by atoms with Gasteiger partial charge in [0.2, 0.25) is 0 Å². The minimum absolute atomic E-state index is 0.269. The van der Waals surface area contributed by atoms with E-state index in [1.165, 1.54) is 10.4 Å². The Labute approximate surface area is 89.2 Å². The largest absolute Gasteiger partial charge is 0.385 e. The molecule has 1 atom stereocenters. The minimum Gasteiger partial charge on any atom is -0.385 e. The molecule has 0 saturated heterocycles. The van der Waals surface area contributed by atoms with Crippen LogP contribution in [0.3, 0.4) is 0 Å². The summed E-state index contributed by atoms with van der Waals surface area (Å²) in [6.07, 6.45) is 2.05. The maximum absolute atomic E-state index is 5.53. The Balaban J connectivity index is 2.50. The molecule has 1 rings (SSSR count). The average molecular weight is 214 g/mol. The van der Waals surface area contributed by atoms with E-state index in [0.717, 1.165) is 19.4 Å². The van der Waals surface area contributed by atoms with E-state index < -0.39 is 0 Å². The zero-order chi connectivity index (χ0) is 10.4. The molecule has 80 valence electrons. The van der Waals surface area contributed by atoms with Crippen LogP contribution in [0.2, 0.25) is 0 Å². The number of hydrogen-bond donors (Lipinski definition) is 2. The van der Waals surface area contributed by atoms with Crippen LogP contribution < -0.4 is 11.3 Å². The maximum atomic E-state index is 5.53. The fourth-order valence-corrected chi connectivity index (χ4v) is 2.49. The molecule has 1 unspecified atom stereocenters. The van der Waals surface area contributed by atoms with Crippen molar-refractivity contribution in [3.05, 3.63) is 21.9 Å². The molecule has 14 heavy (non-hydrogen) atoms. The zero-order valence-corrected chi connectivity index (χ0v) is 9.56. The number of nitrogens with one attached hydrogen (secondary N) is 1. The van der Waals surface area contributed by atoms with E-state index in [2.05, 4.69) is 23.8 Å². The Bertz CT molecular complexity index is 262. The van der Waals surface area contributed by atoms with Crippen molar-refractivity contribution in [1.82, 2.24) is 5.43 Å². The van der Waals surface area contributed by atoms with Gasteiger partial charge in [-0.15, -0.1) is 11.3 Å². The van der Waals surface area contributed by atoms with Crippen molar-refractivity contribution in [2.45, 2.75) is 25.8 Å². The number of hydrogen-bond acceptors (Lipinski definition) is 4. The van der Waals surface area contributed by atoms with Crippen LogP contribution in [0.15, 0.2) is 11.4 Å². The van der Waals surface area contributed by atoms with Crippen molar-refractivity contribution in [3.63, 3.8) is 0 Å². The molecule has 0 aliphatic rings. The van der Waals surface area contributed by atoms with Crippen molar-refractivity contribution < 1.29 is 4.74 Å². The van der Waals surface area contributed by atoms with E-state index >= 15 is 0 Å². The van der Waals surface area contributed by atoms with Crippen LogP contribution in [-0.4, -0.2) is 13.7 Å². The van der Waals surface area contributed by atoms with Gasteiger partial charge in [0.15, 0.2) is 0 Å². The van der Waals surface area contributed by atoms with E-state index in [1.807, 2.05) is 0 Å². The third-order valence-electron chi connectivity index (χ3n) is 2.26. The highest BCUT2D eigenvalue weighted by molar-refractivity contribution is 7.10. The summed E-state index contributed by atoms with van der Waals surface area (Å²) in [4.78, 5) is 1.34. The number of ether oxygens (including phenoxy) is 1. The summed E-state index contributed by atoms with van der Waals surface area (Å²) in [5.74, 6) is 5.53. The van der Waals surface area contributed by atoms with Crippen LogP contribution >= 0.6 is 11.3 Å². The predicted molar refractivity (Wildman–Crippen MR) is 60.2 cm³/mol. The van der Waals surface area contributed by atoms with Crippen LogP contribution in [0, 0.1) is 6.92 Å². The normalized spacial score (nSPS) is 13.1. The van der Waals surface area contributed by atoms with Crippen molar-refractivity contribution in [2.24, 2.45) is 5.84 Å². The molecule has 1 heterocycles. The van der Waals surface area contributed by atoms with Crippen LogP contribution in [0.5, 0.6) is 0 Å². The zero-order valence-electron chi connectivity index (χ0n) is 8.75. The lowest BCUT2D eigenvalue weighted by atomic mass is 10.1. The van der Waals surface area contributed by atoms with Crippen molar-refractivity contribution in [3.8, 4) is 0 Å². The Morgan fingerprint density at radius 1 is 1.64 bits per heavy atom. The molecular formula is C10H18N2OS. The van der Waals surface area contributed by atoms with Crippen molar-refractivity contribution >= 4 is 11.3 Å². The summed E-state index contributed by atoms with van der Waals surface area (Å²) in [5.41, 5.74) is 4.17. The summed E-state index contributed by atoms with van der Waals surface area (Å²) in [5, 5.41) is 2.10. The fraction of sp³-hybridized carbons (Fsp3) is 0.600. The number of thiophene rings is 1. The van der Waals surface area contributed by atoms with Gasteiger partial charge in [0.05, 0.1) is 6.04 Å². The van der Waals surface area contributed by atoms with E-state index in [0.29, 0.717) is 0 Å².